The van der Waals surface area contributed by atoms with E-state index >= 15 is 0 Å². The monoisotopic (exact) mass is 316 g/mol. The standard InChI is InChI=1S/C20H20N4/c1-2-6-19-17(4-1)15(10-21-19)13-24-9-8-14(12-24)16-5-3-7-20-18(16)11-22-23-20/h1-7,10-11,14,21H,8-9,12-13H2,(H,22,23). The molecule has 3 heterocycles. The minimum atomic E-state index is 0.594. The molecular formula is C20H20N4. The zero-order valence-electron chi connectivity index (χ0n) is 13.5. The third kappa shape index (κ3) is 2.22. The molecule has 4 aromatic rings. The summed E-state index contributed by atoms with van der Waals surface area (Å²) in [7, 11) is 0. The molecule has 120 valence electrons. The maximum absolute atomic E-state index is 4.20. The van der Waals surface area contributed by atoms with Crippen molar-refractivity contribution in [3.05, 3.63) is 66.0 Å². The van der Waals surface area contributed by atoms with E-state index in [1.165, 1.54) is 33.8 Å². The first-order valence-corrected chi connectivity index (χ1v) is 8.58. The average molecular weight is 316 g/mol. The van der Waals surface area contributed by atoms with Crippen molar-refractivity contribution in [1.82, 2.24) is 20.1 Å². The number of nitrogens with zero attached hydrogens (tertiary/aromatic N) is 2. The van der Waals surface area contributed by atoms with E-state index in [-0.39, 0.29) is 0 Å². The van der Waals surface area contributed by atoms with Crippen molar-refractivity contribution in [2.75, 3.05) is 13.1 Å². The molecule has 1 aliphatic rings. The molecule has 2 aromatic heterocycles. The Kier molecular flexibility index (Phi) is 3.16. The average Bonchev–Trinajstić information content (AvgIpc) is 3.34. The molecule has 0 amide bonds. The Balaban J connectivity index is 1.38. The second-order valence-corrected chi connectivity index (χ2v) is 6.76. The summed E-state index contributed by atoms with van der Waals surface area (Å²) in [4.78, 5) is 5.96. The lowest BCUT2D eigenvalue weighted by atomic mass is 9.95. The molecule has 0 saturated carbocycles. The number of aromatic nitrogens is 3. The second-order valence-electron chi connectivity index (χ2n) is 6.76. The highest BCUT2D eigenvalue weighted by Crippen LogP contribution is 2.33. The van der Waals surface area contributed by atoms with Crippen LogP contribution < -0.4 is 0 Å². The van der Waals surface area contributed by atoms with Gasteiger partial charge in [-0.15, -0.1) is 0 Å². The Labute approximate surface area is 140 Å². The first-order chi connectivity index (χ1) is 11.9. The van der Waals surface area contributed by atoms with Gasteiger partial charge in [-0.2, -0.15) is 5.10 Å². The van der Waals surface area contributed by atoms with Gasteiger partial charge in [-0.05, 0) is 42.1 Å². The number of nitrogens with one attached hydrogen (secondary N) is 2. The molecule has 0 spiro atoms. The molecule has 4 heteroatoms. The molecular weight excluding hydrogens is 296 g/mol. The van der Waals surface area contributed by atoms with Crippen LogP contribution in [0, 0.1) is 0 Å². The zero-order valence-corrected chi connectivity index (χ0v) is 13.5. The second kappa shape index (κ2) is 5.49. The molecule has 1 atom stereocenters. The van der Waals surface area contributed by atoms with E-state index in [2.05, 4.69) is 68.7 Å². The minimum Gasteiger partial charge on any atom is -0.361 e. The number of hydrogen-bond donors (Lipinski definition) is 2. The van der Waals surface area contributed by atoms with Gasteiger partial charge in [0, 0.05) is 35.6 Å². The minimum absolute atomic E-state index is 0.594. The van der Waals surface area contributed by atoms with Crippen LogP contribution in [0.3, 0.4) is 0 Å². The van der Waals surface area contributed by atoms with E-state index < -0.39 is 0 Å². The van der Waals surface area contributed by atoms with Crippen molar-refractivity contribution in [3.63, 3.8) is 0 Å². The zero-order chi connectivity index (χ0) is 15.9. The summed E-state index contributed by atoms with van der Waals surface area (Å²) in [5.74, 6) is 0.594. The van der Waals surface area contributed by atoms with Gasteiger partial charge < -0.3 is 4.98 Å². The lowest BCUT2D eigenvalue weighted by Crippen LogP contribution is -2.19. The van der Waals surface area contributed by atoms with Crippen LogP contribution in [-0.4, -0.2) is 33.2 Å². The summed E-state index contributed by atoms with van der Waals surface area (Å²) < 4.78 is 0. The molecule has 0 bridgehead atoms. The van der Waals surface area contributed by atoms with Gasteiger partial charge in [-0.3, -0.25) is 10.00 Å². The van der Waals surface area contributed by atoms with E-state index in [1.54, 1.807) is 0 Å². The van der Waals surface area contributed by atoms with Gasteiger partial charge in [0.2, 0.25) is 0 Å². The van der Waals surface area contributed by atoms with Crippen LogP contribution in [0.2, 0.25) is 0 Å². The third-order valence-corrected chi connectivity index (χ3v) is 5.30. The van der Waals surface area contributed by atoms with Crippen LogP contribution >= 0.6 is 0 Å². The van der Waals surface area contributed by atoms with Gasteiger partial charge in [-0.1, -0.05) is 30.3 Å². The molecule has 1 unspecified atom stereocenters. The normalized spacial score (nSPS) is 18.8. The van der Waals surface area contributed by atoms with E-state index in [0.29, 0.717) is 5.92 Å². The fourth-order valence-corrected chi connectivity index (χ4v) is 4.08. The smallest absolute Gasteiger partial charge is 0.0653 e. The Hall–Kier alpha value is -2.59. The number of aromatic amines is 2. The number of para-hydroxylation sites is 1. The molecule has 0 aliphatic carbocycles. The third-order valence-electron chi connectivity index (χ3n) is 5.30. The Morgan fingerprint density at radius 1 is 1.04 bits per heavy atom. The number of rotatable bonds is 3. The van der Waals surface area contributed by atoms with Crippen LogP contribution in [0.4, 0.5) is 0 Å². The Morgan fingerprint density at radius 3 is 2.96 bits per heavy atom. The van der Waals surface area contributed by atoms with E-state index in [4.69, 9.17) is 0 Å². The van der Waals surface area contributed by atoms with Gasteiger partial charge >= 0.3 is 0 Å². The highest BCUT2D eigenvalue weighted by molar-refractivity contribution is 5.83. The molecule has 1 fully saturated rings. The fraction of sp³-hybridized carbons (Fsp3) is 0.250. The lowest BCUT2D eigenvalue weighted by Gasteiger charge is -2.16. The predicted octanol–water partition coefficient (Wildman–Crippen LogP) is 4.03. The molecule has 5 rings (SSSR count). The number of H-pyrrole nitrogens is 2. The summed E-state index contributed by atoms with van der Waals surface area (Å²) in [5, 5.41) is 9.91. The van der Waals surface area contributed by atoms with Crippen molar-refractivity contribution in [1.29, 1.82) is 0 Å². The highest BCUT2D eigenvalue weighted by atomic mass is 15.1. The van der Waals surface area contributed by atoms with Crippen molar-refractivity contribution in [2.45, 2.75) is 18.9 Å². The maximum Gasteiger partial charge on any atom is 0.0653 e. The molecule has 1 saturated heterocycles. The summed E-state index contributed by atoms with van der Waals surface area (Å²) in [6.07, 6.45) is 5.34. The lowest BCUT2D eigenvalue weighted by molar-refractivity contribution is 0.328. The van der Waals surface area contributed by atoms with Crippen molar-refractivity contribution in [3.8, 4) is 0 Å². The largest absolute Gasteiger partial charge is 0.361 e. The van der Waals surface area contributed by atoms with Crippen LogP contribution in [0.25, 0.3) is 21.8 Å². The fourth-order valence-electron chi connectivity index (χ4n) is 4.08. The number of likely N-dealkylation sites (tertiary alicyclic amines) is 1. The van der Waals surface area contributed by atoms with Crippen LogP contribution in [0.15, 0.2) is 54.9 Å². The predicted molar refractivity (Wildman–Crippen MR) is 97.0 cm³/mol. The SMILES string of the molecule is c1ccc2c(CN3CCC(c4cccc5[nH]ncc45)C3)c[nH]c2c1. The molecule has 24 heavy (non-hydrogen) atoms. The molecule has 2 aromatic carbocycles. The van der Waals surface area contributed by atoms with Gasteiger partial charge in [-0.25, -0.2) is 0 Å². The first kappa shape index (κ1) is 13.8. The maximum atomic E-state index is 4.20. The van der Waals surface area contributed by atoms with E-state index in [9.17, 15) is 0 Å². The van der Waals surface area contributed by atoms with E-state index in [1.807, 2.05) is 6.20 Å². The van der Waals surface area contributed by atoms with Crippen LogP contribution in [-0.2, 0) is 6.54 Å². The van der Waals surface area contributed by atoms with Crippen molar-refractivity contribution < 1.29 is 0 Å². The van der Waals surface area contributed by atoms with Crippen molar-refractivity contribution >= 4 is 21.8 Å². The van der Waals surface area contributed by atoms with Gasteiger partial charge in [0.05, 0.1) is 11.7 Å². The topological polar surface area (TPSA) is 47.7 Å². The van der Waals surface area contributed by atoms with Gasteiger partial charge in [0.1, 0.15) is 0 Å². The summed E-state index contributed by atoms with van der Waals surface area (Å²) in [6, 6.07) is 15.1. The van der Waals surface area contributed by atoms with Gasteiger partial charge in [0.15, 0.2) is 0 Å². The van der Waals surface area contributed by atoms with Crippen molar-refractivity contribution in [2.24, 2.45) is 0 Å². The number of hydrogen-bond acceptors (Lipinski definition) is 2. The van der Waals surface area contributed by atoms with Crippen LogP contribution in [0.5, 0.6) is 0 Å². The summed E-state index contributed by atoms with van der Waals surface area (Å²) in [5.41, 5.74) is 5.20. The molecule has 2 N–H and O–H groups in total. The van der Waals surface area contributed by atoms with Gasteiger partial charge in [0.25, 0.3) is 0 Å². The Bertz CT molecular complexity index is 997. The molecule has 0 radical (unpaired) electrons. The van der Waals surface area contributed by atoms with Crippen LogP contribution in [0.1, 0.15) is 23.5 Å². The van der Waals surface area contributed by atoms with E-state index in [0.717, 1.165) is 25.2 Å². The highest BCUT2D eigenvalue weighted by Gasteiger charge is 2.25. The summed E-state index contributed by atoms with van der Waals surface area (Å²) in [6.45, 7) is 3.28. The number of fused-ring (bicyclic) bond motifs is 2. The Morgan fingerprint density at radius 2 is 1.96 bits per heavy atom. The molecule has 1 aliphatic heterocycles. The molecule has 4 nitrogen and oxygen atoms in total. The number of benzene rings is 2. The summed E-state index contributed by atoms with van der Waals surface area (Å²) >= 11 is 0. The first-order valence-electron chi connectivity index (χ1n) is 8.58. The quantitative estimate of drug-likeness (QED) is 0.599.